The van der Waals surface area contributed by atoms with E-state index in [1.807, 2.05) is 11.8 Å². The van der Waals surface area contributed by atoms with Crippen molar-refractivity contribution in [2.75, 3.05) is 5.75 Å². The lowest BCUT2D eigenvalue weighted by atomic mass is 10.1. The molecule has 0 aliphatic carbocycles. The topological polar surface area (TPSA) is 24.4 Å². The molecule has 1 aromatic carbocycles. The van der Waals surface area contributed by atoms with Gasteiger partial charge in [-0.05, 0) is 25.3 Å². The van der Waals surface area contributed by atoms with Crippen molar-refractivity contribution in [1.29, 1.82) is 0 Å². The Hall–Kier alpha value is -0.960. The van der Waals surface area contributed by atoms with Crippen LogP contribution in [0.3, 0.4) is 0 Å². The van der Waals surface area contributed by atoms with Gasteiger partial charge in [0.25, 0.3) is 0 Å². The second kappa shape index (κ2) is 6.10. The van der Waals surface area contributed by atoms with Gasteiger partial charge in [0.1, 0.15) is 0 Å². The molecule has 0 spiro atoms. The number of rotatable bonds is 3. The van der Waals surface area contributed by atoms with Gasteiger partial charge in [-0.15, -0.1) is 0 Å². The first-order valence-corrected chi connectivity index (χ1v) is 7.30. The van der Waals surface area contributed by atoms with E-state index in [1.54, 1.807) is 0 Å². The molecule has 0 radical (unpaired) electrons. The van der Waals surface area contributed by atoms with Crippen LogP contribution < -0.4 is 5.32 Å². The van der Waals surface area contributed by atoms with E-state index >= 15 is 0 Å². The maximum absolute atomic E-state index is 4.66. The molecular weight excluding hydrogens is 228 g/mol. The predicted molar refractivity (Wildman–Crippen MR) is 76.6 cm³/mol. The van der Waals surface area contributed by atoms with Gasteiger partial charge in [-0.1, -0.05) is 49.0 Å². The molecule has 2 unspecified atom stereocenters. The molecule has 17 heavy (non-hydrogen) atoms. The number of thioether (sulfide) groups is 1. The van der Waals surface area contributed by atoms with E-state index in [0.29, 0.717) is 12.1 Å². The van der Waals surface area contributed by atoms with Gasteiger partial charge in [-0.3, -0.25) is 4.99 Å². The van der Waals surface area contributed by atoms with Crippen molar-refractivity contribution in [3.05, 3.63) is 35.9 Å². The van der Waals surface area contributed by atoms with E-state index in [-0.39, 0.29) is 0 Å². The highest BCUT2D eigenvalue weighted by Gasteiger charge is 2.15. The number of benzene rings is 1. The van der Waals surface area contributed by atoms with Gasteiger partial charge in [-0.2, -0.15) is 0 Å². The fourth-order valence-electron chi connectivity index (χ4n) is 1.96. The summed E-state index contributed by atoms with van der Waals surface area (Å²) in [7, 11) is 0. The van der Waals surface area contributed by atoms with Crippen molar-refractivity contribution in [3.63, 3.8) is 0 Å². The summed E-state index contributed by atoms with van der Waals surface area (Å²) in [6, 6.07) is 11.5. The van der Waals surface area contributed by atoms with Crippen molar-refractivity contribution in [3.8, 4) is 0 Å². The number of hydrogen-bond donors (Lipinski definition) is 1. The van der Waals surface area contributed by atoms with Crippen LogP contribution in [0.2, 0.25) is 0 Å². The Bertz CT molecular complexity index is 375. The summed E-state index contributed by atoms with van der Waals surface area (Å²) in [4.78, 5) is 4.66. The summed E-state index contributed by atoms with van der Waals surface area (Å²) < 4.78 is 0. The minimum Gasteiger partial charge on any atom is -0.358 e. The Kier molecular flexibility index (Phi) is 4.49. The molecule has 1 heterocycles. The standard InChI is InChI=1S/C14H20N2S/c1-3-13(12-7-5-4-6-8-12)16-14-15-11(2)9-10-17-14/h4-8,11,13H,3,9-10H2,1-2H3,(H,15,16). The fourth-order valence-corrected chi connectivity index (χ4v) is 3.09. The molecule has 1 aliphatic heterocycles. The second-order valence-electron chi connectivity index (χ2n) is 4.44. The molecule has 1 N–H and O–H groups in total. The third-order valence-corrected chi connectivity index (χ3v) is 3.96. The molecular formula is C14H20N2S. The number of hydrogen-bond acceptors (Lipinski definition) is 3. The molecule has 1 aromatic rings. The number of nitrogens with zero attached hydrogens (tertiary/aromatic N) is 1. The normalized spacial score (nSPS) is 21.8. The zero-order valence-corrected chi connectivity index (χ0v) is 11.3. The highest BCUT2D eigenvalue weighted by atomic mass is 32.2. The van der Waals surface area contributed by atoms with Crippen molar-refractivity contribution >= 4 is 16.9 Å². The Morgan fingerprint density at radius 3 is 2.82 bits per heavy atom. The number of amidine groups is 1. The highest BCUT2D eigenvalue weighted by molar-refractivity contribution is 8.13. The molecule has 0 saturated carbocycles. The zero-order valence-electron chi connectivity index (χ0n) is 10.5. The smallest absolute Gasteiger partial charge is 0.157 e. The monoisotopic (exact) mass is 248 g/mol. The minimum absolute atomic E-state index is 0.382. The van der Waals surface area contributed by atoms with Crippen LogP contribution in [-0.2, 0) is 0 Å². The third kappa shape index (κ3) is 3.50. The molecule has 3 heteroatoms. The van der Waals surface area contributed by atoms with Gasteiger partial charge in [0.15, 0.2) is 5.17 Å². The van der Waals surface area contributed by atoms with Gasteiger partial charge in [0.05, 0.1) is 12.1 Å². The van der Waals surface area contributed by atoms with Gasteiger partial charge in [0.2, 0.25) is 0 Å². The summed E-state index contributed by atoms with van der Waals surface area (Å²) >= 11 is 1.84. The quantitative estimate of drug-likeness (QED) is 0.883. The molecule has 0 amide bonds. The second-order valence-corrected chi connectivity index (χ2v) is 5.52. The van der Waals surface area contributed by atoms with E-state index in [0.717, 1.165) is 11.6 Å². The summed E-state index contributed by atoms with van der Waals surface area (Å²) in [5, 5.41) is 4.68. The first-order valence-electron chi connectivity index (χ1n) is 6.31. The number of aliphatic imine (C=N–C) groups is 1. The van der Waals surface area contributed by atoms with Crippen LogP contribution in [0.25, 0.3) is 0 Å². The SMILES string of the molecule is CCC(NC1=NC(C)CCS1)c1ccccc1. The van der Waals surface area contributed by atoms with Crippen LogP contribution in [0.1, 0.15) is 38.3 Å². The van der Waals surface area contributed by atoms with E-state index < -0.39 is 0 Å². The summed E-state index contributed by atoms with van der Waals surface area (Å²) in [6.07, 6.45) is 2.27. The van der Waals surface area contributed by atoms with E-state index in [4.69, 9.17) is 0 Å². The first kappa shape index (κ1) is 12.5. The molecule has 0 aromatic heterocycles. The molecule has 0 fully saturated rings. The van der Waals surface area contributed by atoms with E-state index in [9.17, 15) is 0 Å². The van der Waals surface area contributed by atoms with E-state index in [2.05, 4.69) is 54.5 Å². The average molecular weight is 248 g/mol. The minimum atomic E-state index is 0.382. The molecule has 1 aliphatic rings. The maximum Gasteiger partial charge on any atom is 0.157 e. The van der Waals surface area contributed by atoms with Crippen LogP contribution in [-0.4, -0.2) is 17.0 Å². The van der Waals surface area contributed by atoms with Crippen molar-refractivity contribution in [1.82, 2.24) is 5.32 Å². The Balaban J connectivity index is 2.05. The predicted octanol–water partition coefficient (Wildman–Crippen LogP) is 3.61. The summed E-state index contributed by atoms with van der Waals surface area (Å²) in [5.74, 6) is 1.18. The first-order chi connectivity index (χ1) is 8.29. The maximum atomic E-state index is 4.66. The van der Waals surface area contributed by atoms with E-state index in [1.165, 1.54) is 17.7 Å². The van der Waals surface area contributed by atoms with Crippen molar-refractivity contribution in [2.24, 2.45) is 4.99 Å². The lowest BCUT2D eigenvalue weighted by Gasteiger charge is -2.23. The van der Waals surface area contributed by atoms with Crippen LogP contribution in [0.5, 0.6) is 0 Å². The molecule has 0 saturated heterocycles. The van der Waals surface area contributed by atoms with Crippen molar-refractivity contribution < 1.29 is 0 Å². The zero-order chi connectivity index (χ0) is 12.1. The Morgan fingerprint density at radius 2 is 2.18 bits per heavy atom. The molecule has 0 bridgehead atoms. The Morgan fingerprint density at radius 1 is 1.41 bits per heavy atom. The van der Waals surface area contributed by atoms with Gasteiger partial charge in [0, 0.05) is 5.75 Å². The van der Waals surface area contributed by atoms with Crippen LogP contribution in [0.4, 0.5) is 0 Å². The largest absolute Gasteiger partial charge is 0.358 e. The van der Waals surface area contributed by atoms with Gasteiger partial charge in [-0.25, -0.2) is 0 Å². The van der Waals surface area contributed by atoms with Crippen LogP contribution in [0.15, 0.2) is 35.3 Å². The third-order valence-electron chi connectivity index (χ3n) is 3.02. The lowest BCUT2D eigenvalue weighted by Crippen LogP contribution is -2.29. The molecule has 92 valence electrons. The highest BCUT2D eigenvalue weighted by Crippen LogP contribution is 2.21. The molecule has 2 rings (SSSR count). The number of nitrogens with one attached hydrogen (secondary N) is 1. The summed E-state index contributed by atoms with van der Waals surface area (Å²) in [5.41, 5.74) is 1.34. The van der Waals surface area contributed by atoms with Gasteiger partial charge >= 0.3 is 0 Å². The van der Waals surface area contributed by atoms with Gasteiger partial charge < -0.3 is 5.32 Å². The average Bonchev–Trinajstić information content (AvgIpc) is 2.37. The Labute approximate surface area is 108 Å². The van der Waals surface area contributed by atoms with Crippen LogP contribution in [0, 0.1) is 0 Å². The fraction of sp³-hybridized carbons (Fsp3) is 0.500. The van der Waals surface area contributed by atoms with Crippen molar-refractivity contribution in [2.45, 2.75) is 38.8 Å². The molecule has 2 atom stereocenters. The lowest BCUT2D eigenvalue weighted by molar-refractivity contribution is 0.619. The summed E-state index contributed by atoms with van der Waals surface area (Å²) in [6.45, 7) is 4.40. The molecule has 2 nitrogen and oxygen atoms in total. The van der Waals surface area contributed by atoms with Crippen LogP contribution >= 0.6 is 11.8 Å².